The van der Waals surface area contributed by atoms with Crippen LogP contribution in [0.2, 0.25) is 0 Å². The molecule has 0 radical (unpaired) electrons. The second-order valence-corrected chi connectivity index (χ2v) is 13.2. The number of hydrogen-bond donors (Lipinski definition) is 2. The van der Waals surface area contributed by atoms with Gasteiger partial charge in [0.25, 0.3) is 0 Å². The fraction of sp³-hybridized carbons (Fsp3) is 0.130. The van der Waals surface area contributed by atoms with Crippen LogP contribution in [0.15, 0.2) is 158 Å². The van der Waals surface area contributed by atoms with Crippen molar-refractivity contribution < 1.29 is 19.1 Å². The Morgan fingerprint density at radius 3 is 1.19 bits per heavy atom. The van der Waals surface area contributed by atoms with Crippen LogP contribution in [-0.4, -0.2) is 22.2 Å². The predicted molar refractivity (Wildman–Crippen MR) is 206 cm³/mol. The highest BCUT2D eigenvalue weighted by Crippen LogP contribution is 2.43. The van der Waals surface area contributed by atoms with E-state index in [2.05, 4.69) is 44.3 Å². The lowest BCUT2D eigenvalue weighted by molar-refractivity contribution is 0.112. The van der Waals surface area contributed by atoms with Crippen molar-refractivity contribution in [2.75, 3.05) is 0 Å². The molecule has 0 bridgehead atoms. The van der Waals surface area contributed by atoms with Crippen molar-refractivity contribution in [1.82, 2.24) is 20.6 Å². The molecule has 4 atom stereocenters. The number of carbonyl (C=O) groups is 2. The highest BCUT2D eigenvalue weighted by atomic mass is 16.6. The van der Waals surface area contributed by atoms with Crippen LogP contribution in [0.4, 0.5) is 9.59 Å². The molecule has 4 aromatic carbocycles. The van der Waals surface area contributed by atoms with Gasteiger partial charge in [0.15, 0.2) is 12.2 Å². The maximum absolute atomic E-state index is 12.0. The van der Waals surface area contributed by atoms with Crippen LogP contribution in [0.25, 0.3) is 0 Å². The number of ether oxygens (including phenoxy) is 2. The molecule has 2 aliphatic heterocycles. The van der Waals surface area contributed by atoms with Gasteiger partial charge in [0.1, 0.15) is 11.1 Å². The van der Waals surface area contributed by atoms with Gasteiger partial charge in [-0.25, -0.2) is 9.59 Å². The summed E-state index contributed by atoms with van der Waals surface area (Å²) in [7, 11) is 0. The number of nitrogens with zero attached hydrogens (tertiary/aromatic N) is 2. The number of hydrogen-bond acceptors (Lipinski definition) is 6. The molecule has 2 saturated heterocycles. The fourth-order valence-corrected chi connectivity index (χ4v) is 6.49. The van der Waals surface area contributed by atoms with E-state index in [-0.39, 0.29) is 0 Å². The quantitative estimate of drug-likeness (QED) is 0.179. The minimum atomic E-state index is -0.726. The summed E-state index contributed by atoms with van der Waals surface area (Å²) in [5, 5.41) is 5.89. The topological polar surface area (TPSA) is 102 Å². The summed E-state index contributed by atoms with van der Waals surface area (Å²) < 4.78 is 11.1. The lowest BCUT2D eigenvalue weighted by atomic mass is 9.84. The smallest absolute Gasteiger partial charge is 0.408 e. The summed E-state index contributed by atoms with van der Waals surface area (Å²) in [5.74, 6) is 12.6. The third-order valence-electron chi connectivity index (χ3n) is 9.35. The van der Waals surface area contributed by atoms with Gasteiger partial charge in [0.05, 0.1) is 0 Å². The van der Waals surface area contributed by atoms with Crippen LogP contribution in [0, 0.1) is 23.7 Å². The van der Waals surface area contributed by atoms with Gasteiger partial charge >= 0.3 is 12.2 Å². The number of aromatic nitrogens is 2. The third-order valence-corrected chi connectivity index (χ3v) is 9.35. The molecule has 2 amide bonds. The molecule has 0 aliphatic carbocycles. The largest absolute Gasteiger partial charge is 0.438 e. The van der Waals surface area contributed by atoms with Gasteiger partial charge in [-0.05, 0) is 61.4 Å². The van der Waals surface area contributed by atoms with Crippen molar-refractivity contribution in [1.29, 1.82) is 0 Å². The number of nitrogens with one attached hydrogen (secondary N) is 2. The van der Waals surface area contributed by atoms with E-state index in [4.69, 9.17) is 9.47 Å². The van der Waals surface area contributed by atoms with Crippen LogP contribution < -0.4 is 10.6 Å². The van der Waals surface area contributed by atoms with Gasteiger partial charge in [0, 0.05) is 58.2 Å². The second kappa shape index (κ2) is 15.6. The van der Waals surface area contributed by atoms with E-state index in [1.807, 2.05) is 147 Å². The first kappa shape index (κ1) is 35.3. The molecular formula is C46H36N4O4. The minimum absolute atomic E-state index is 0.438. The zero-order valence-electron chi connectivity index (χ0n) is 29.7. The number of amides is 2. The summed E-state index contributed by atoms with van der Waals surface area (Å²) >= 11 is 0. The van der Waals surface area contributed by atoms with E-state index < -0.39 is 35.5 Å². The molecule has 0 spiro atoms. The zero-order chi connectivity index (χ0) is 37.4. The molecule has 8 rings (SSSR count). The zero-order valence-corrected chi connectivity index (χ0v) is 29.7. The van der Waals surface area contributed by atoms with Crippen molar-refractivity contribution >= 4 is 12.2 Å². The molecule has 6 aromatic rings. The Hall–Kier alpha value is -7.16. The molecule has 2 N–H and O–H groups in total. The molecule has 0 saturated carbocycles. The normalized spacial score (nSPS) is 20.9. The third kappa shape index (κ3) is 7.84. The summed E-state index contributed by atoms with van der Waals surface area (Å²) in [5.41, 5.74) is 5.55. The molecular weight excluding hydrogens is 673 g/mol. The van der Waals surface area contributed by atoms with E-state index in [1.54, 1.807) is 24.8 Å². The van der Waals surface area contributed by atoms with Crippen molar-refractivity contribution in [3.8, 4) is 23.7 Å². The molecule has 8 nitrogen and oxygen atoms in total. The van der Waals surface area contributed by atoms with Crippen molar-refractivity contribution in [2.24, 2.45) is 0 Å². The first-order valence-corrected chi connectivity index (χ1v) is 17.4. The minimum Gasteiger partial charge on any atom is -0.438 e. The number of benzene rings is 4. The summed E-state index contributed by atoms with van der Waals surface area (Å²) in [6, 6.07) is 42.9. The molecule has 264 valence electrons. The van der Waals surface area contributed by atoms with E-state index in [0.717, 1.165) is 44.5 Å². The SMILES string of the molecule is C[C@@]1(c2cncc(C#Cc3ccccc3)c2)NC(=O)O[C@H]1c1ccccc1.C[C@]1(c2cncc(C#Cc3ccccc3)c2)NC(=O)O[C@@H]1c1ccccc1. The van der Waals surface area contributed by atoms with Gasteiger partial charge in [-0.1, -0.05) is 121 Å². The average Bonchev–Trinajstić information content (AvgIpc) is 3.72. The Balaban J connectivity index is 0.000000167. The molecule has 4 heterocycles. The van der Waals surface area contributed by atoms with Crippen molar-refractivity contribution in [2.45, 2.75) is 37.1 Å². The summed E-state index contributed by atoms with van der Waals surface area (Å²) in [6.07, 6.45) is 5.18. The first-order chi connectivity index (χ1) is 26.3. The van der Waals surface area contributed by atoms with Gasteiger partial charge in [0.2, 0.25) is 0 Å². The van der Waals surface area contributed by atoms with Gasteiger partial charge in [-0.2, -0.15) is 0 Å². The average molecular weight is 709 g/mol. The Kier molecular flexibility index (Phi) is 10.2. The Morgan fingerprint density at radius 1 is 0.481 bits per heavy atom. The maximum Gasteiger partial charge on any atom is 0.408 e. The van der Waals surface area contributed by atoms with Crippen LogP contribution in [0.3, 0.4) is 0 Å². The van der Waals surface area contributed by atoms with Crippen molar-refractivity contribution in [3.63, 3.8) is 0 Å². The number of cyclic esters (lactones) is 2. The number of alkyl carbamates (subject to hydrolysis) is 2. The van der Waals surface area contributed by atoms with Crippen LogP contribution in [0.1, 0.15) is 70.6 Å². The van der Waals surface area contributed by atoms with E-state index >= 15 is 0 Å². The molecule has 2 fully saturated rings. The second-order valence-electron chi connectivity index (χ2n) is 13.2. The Labute approximate surface area is 314 Å². The summed E-state index contributed by atoms with van der Waals surface area (Å²) in [6.45, 7) is 3.89. The lowest BCUT2D eigenvalue weighted by Crippen LogP contribution is -2.39. The van der Waals surface area contributed by atoms with Gasteiger partial charge in [-0.3, -0.25) is 9.97 Å². The molecule has 8 heteroatoms. The highest BCUT2D eigenvalue weighted by molar-refractivity contribution is 5.73. The van der Waals surface area contributed by atoms with E-state index in [1.165, 1.54) is 0 Å². The molecule has 2 aromatic heterocycles. The number of rotatable bonds is 4. The number of pyridine rings is 2. The molecule has 0 unspecified atom stereocenters. The monoisotopic (exact) mass is 708 g/mol. The van der Waals surface area contributed by atoms with Crippen LogP contribution in [0.5, 0.6) is 0 Å². The van der Waals surface area contributed by atoms with E-state index in [9.17, 15) is 9.59 Å². The fourth-order valence-electron chi connectivity index (χ4n) is 6.49. The number of carbonyl (C=O) groups excluding carboxylic acids is 2. The maximum atomic E-state index is 12.0. The van der Waals surface area contributed by atoms with Crippen LogP contribution in [-0.2, 0) is 20.6 Å². The van der Waals surface area contributed by atoms with Crippen molar-refractivity contribution in [3.05, 3.63) is 203 Å². The van der Waals surface area contributed by atoms with Gasteiger partial charge in [-0.15, -0.1) is 0 Å². The molecule has 2 aliphatic rings. The standard InChI is InChI=1S/2C23H18N2O2/c2*1-23(21(27-22(26)25-23)19-10-6-3-7-11-19)20-14-18(15-24-16-20)13-12-17-8-4-2-5-9-17/h2*2-11,14-16,21H,1H3,(H,25,26)/t2*21-,23-/m10/s1. The highest BCUT2D eigenvalue weighted by Gasteiger charge is 2.48. The summed E-state index contributed by atoms with van der Waals surface area (Å²) in [4.78, 5) is 32.7. The lowest BCUT2D eigenvalue weighted by Gasteiger charge is -2.29. The Morgan fingerprint density at radius 2 is 0.815 bits per heavy atom. The van der Waals surface area contributed by atoms with Crippen LogP contribution >= 0.6 is 0 Å². The molecule has 54 heavy (non-hydrogen) atoms. The van der Waals surface area contributed by atoms with E-state index in [0.29, 0.717) is 0 Å². The Bertz CT molecular complexity index is 2210. The first-order valence-electron chi connectivity index (χ1n) is 17.4. The predicted octanol–water partition coefficient (Wildman–Crippen LogP) is 8.36. The van der Waals surface area contributed by atoms with Gasteiger partial charge < -0.3 is 20.1 Å².